The molecule has 0 saturated carbocycles. The van der Waals surface area contributed by atoms with E-state index in [0.29, 0.717) is 24.7 Å². The van der Waals surface area contributed by atoms with Crippen LogP contribution in [0, 0.1) is 19.8 Å². The van der Waals surface area contributed by atoms with Gasteiger partial charge in [-0.05, 0) is 51.3 Å². The molecule has 32 heavy (non-hydrogen) atoms. The molecule has 1 aromatic carbocycles. The zero-order valence-electron chi connectivity index (χ0n) is 19.3. The third-order valence-corrected chi connectivity index (χ3v) is 5.91. The van der Waals surface area contributed by atoms with Crippen molar-refractivity contribution in [3.8, 4) is 22.6 Å². The van der Waals surface area contributed by atoms with Crippen molar-refractivity contribution in [3.05, 3.63) is 35.7 Å². The Bertz CT molecular complexity index is 1140. The van der Waals surface area contributed by atoms with Crippen LogP contribution in [0.2, 0.25) is 0 Å². The van der Waals surface area contributed by atoms with Gasteiger partial charge in [-0.2, -0.15) is 9.61 Å². The van der Waals surface area contributed by atoms with Crippen molar-refractivity contribution < 1.29 is 19.0 Å². The molecule has 4 rings (SSSR count). The third-order valence-electron chi connectivity index (χ3n) is 5.91. The van der Waals surface area contributed by atoms with Crippen LogP contribution < -0.4 is 14.4 Å². The number of ether oxygens (including phenoxy) is 3. The lowest BCUT2D eigenvalue weighted by atomic mass is 9.98. The van der Waals surface area contributed by atoms with Gasteiger partial charge in [-0.25, -0.2) is 4.98 Å². The number of methoxy groups -OCH3 is 2. The van der Waals surface area contributed by atoms with E-state index in [1.807, 2.05) is 49.6 Å². The molecule has 0 unspecified atom stereocenters. The molecule has 1 saturated heterocycles. The van der Waals surface area contributed by atoms with Crippen LogP contribution in [0.3, 0.4) is 0 Å². The van der Waals surface area contributed by atoms with Crippen LogP contribution in [-0.4, -0.2) is 54.5 Å². The molecule has 0 amide bonds. The normalized spacial score (nSPS) is 16.3. The predicted molar refractivity (Wildman–Crippen MR) is 123 cm³/mol. The Morgan fingerprint density at radius 3 is 2.66 bits per heavy atom. The molecule has 8 nitrogen and oxygen atoms in total. The third kappa shape index (κ3) is 3.97. The van der Waals surface area contributed by atoms with Gasteiger partial charge in [-0.3, -0.25) is 4.79 Å². The molecule has 1 atom stereocenters. The average molecular weight is 439 g/mol. The average Bonchev–Trinajstić information content (AvgIpc) is 3.13. The van der Waals surface area contributed by atoms with Crippen molar-refractivity contribution in [1.29, 1.82) is 0 Å². The van der Waals surface area contributed by atoms with Gasteiger partial charge in [0.25, 0.3) is 0 Å². The lowest BCUT2D eigenvalue weighted by Crippen LogP contribution is -2.40. The van der Waals surface area contributed by atoms with Crippen LogP contribution >= 0.6 is 0 Å². The number of aryl methyl sites for hydroxylation is 2. The van der Waals surface area contributed by atoms with E-state index in [4.69, 9.17) is 24.3 Å². The Morgan fingerprint density at radius 2 is 1.94 bits per heavy atom. The van der Waals surface area contributed by atoms with Crippen molar-refractivity contribution in [2.45, 2.75) is 33.6 Å². The predicted octanol–water partition coefficient (Wildman–Crippen LogP) is 3.81. The molecule has 0 bridgehead atoms. The first-order valence-corrected chi connectivity index (χ1v) is 11.0. The topological polar surface area (TPSA) is 78.2 Å². The first-order chi connectivity index (χ1) is 15.5. The van der Waals surface area contributed by atoms with Crippen LogP contribution in [-0.2, 0) is 9.53 Å². The van der Waals surface area contributed by atoms with E-state index < -0.39 is 0 Å². The molecule has 3 aromatic rings. The quantitative estimate of drug-likeness (QED) is 0.542. The van der Waals surface area contributed by atoms with Crippen molar-refractivity contribution in [1.82, 2.24) is 14.6 Å². The van der Waals surface area contributed by atoms with E-state index in [1.54, 1.807) is 14.2 Å². The maximum Gasteiger partial charge on any atom is 0.310 e. The number of anilines is 1. The summed E-state index contributed by atoms with van der Waals surface area (Å²) in [5.74, 6) is 2.02. The van der Waals surface area contributed by atoms with Crippen LogP contribution in [0.5, 0.6) is 11.5 Å². The molecule has 1 aliphatic rings. The molecular formula is C24H30N4O4. The fourth-order valence-corrected chi connectivity index (χ4v) is 4.42. The van der Waals surface area contributed by atoms with Crippen molar-refractivity contribution in [2.75, 3.05) is 38.8 Å². The van der Waals surface area contributed by atoms with Crippen LogP contribution in [0.25, 0.3) is 16.8 Å². The Kier molecular flexibility index (Phi) is 6.21. The molecule has 8 heteroatoms. The van der Waals surface area contributed by atoms with Gasteiger partial charge in [0.2, 0.25) is 0 Å². The number of benzene rings is 1. The van der Waals surface area contributed by atoms with Crippen molar-refractivity contribution >= 4 is 17.4 Å². The maximum atomic E-state index is 12.4. The van der Waals surface area contributed by atoms with Gasteiger partial charge in [0.1, 0.15) is 5.82 Å². The number of nitrogens with zero attached hydrogens (tertiary/aromatic N) is 4. The number of hydrogen-bond acceptors (Lipinski definition) is 7. The summed E-state index contributed by atoms with van der Waals surface area (Å²) in [6.07, 6.45) is 1.77. The van der Waals surface area contributed by atoms with Gasteiger partial charge >= 0.3 is 5.97 Å². The van der Waals surface area contributed by atoms with Gasteiger partial charge in [0.05, 0.1) is 32.4 Å². The zero-order valence-corrected chi connectivity index (χ0v) is 19.3. The first-order valence-electron chi connectivity index (χ1n) is 11.0. The van der Waals surface area contributed by atoms with Gasteiger partial charge < -0.3 is 19.1 Å². The van der Waals surface area contributed by atoms with Gasteiger partial charge in [0, 0.05) is 30.4 Å². The highest BCUT2D eigenvalue weighted by Crippen LogP contribution is 2.36. The van der Waals surface area contributed by atoms with Gasteiger partial charge in [-0.1, -0.05) is 6.07 Å². The molecule has 0 radical (unpaired) electrons. The number of carbonyl (C=O) groups is 1. The van der Waals surface area contributed by atoms with E-state index in [1.165, 1.54) is 0 Å². The molecule has 0 spiro atoms. The summed E-state index contributed by atoms with van der Waals surface area (Å²) in [6.45, 7) is 7.69. The van der Waals surface area contributed by atoms with E-state index in [2.05, 4.69) is 4.90 Å². The maximum absolute atomic E-state index is 12.4. The summed E-state index contributed by atoms with van der Waals surface area (Å²) in [5, 5.41) is 4.83. The van der Waals surface area contributed by atoms with Crippen LogP contribution in [0.15, 0.2) is 24.3 Å². The summed E-state index contributed by atoms with van der Waals surface area (Å²) in [5.41, 5.74) is 4.46. The Hall–Kier alpha value is -3.29. The van der Waals surface area contributed by atoms with Crippen LogP contribution in [0.1, 0.15) is 31.2 Å². The second-order valence-corrected chi connectivity index (χ2v) is 8.06. The fraction of sp³-hybridized carbons (Fsp3) is 0.458. The number of hydrogen-bond donors (Lipinski definition) is 0. The molecule has 3 heterocycles. The summed E-state index contributed by atoms with van der Waals surface area (Å²) in [7, 11) is 3.25. The Morgan fingerprint density at radius 1 is 1.16 bits per heavy atom. The zero-order chi connectivity index (χ0) is 22.8. The molecule has 170 valence electrons. The summed E-state index contributed by atoms with van der Waals surface area (Å²) >= 11 is 0. The molecule has 1 fully saturated rings. The van der Waals surface area contributed by atoms with Crippen molar-refractivity contribution in [2.24, 2.45) is 5.92 Å². The minimum Gasteiger partial charge on any atom is -0.493 e. The molecule has 0 aliphatic carbocycles. The summed E-state index contributed by atoms with van der Waals surface area (Å²) < 4.78 is 18.1. The Labute approximate surface area is 188 Å². The lowest BCUT2D eigenvalue weighted by Gasteiger charge is -2.33. The largest absolute Gasteiger partial charge is 0.493 e. The monoisotopic (exact) mass is 438 g/mol. The molecule has 2 aromatic heterocycles. The number of rotatable bonds is 6. The standard InChI is InChI=1S/C24H30N4O4/c1-6-32-24(29)18-8-7-11-27(14-18)21-12-15(2)25-23-22(16(3)26-28(21)23)17-9-10-19(30-4)20(13-17)31-5/h9-10,12-13,18H,6-8,11,14H2,1-5H3/t18-/m1/s1. The first kappa shape index (κ1) is 21.9. The van der Waals surface area contributed by atoms with E-state index in [-0.39, 0.29) is 11.9 Å². The highest BCUT2D eigenvalue weighted by Gasteiger charge is 2.29. The van der Waals surface area contributed by atoms with Crippen LogP contribution in [0.4, 0.5) is 5.82 Å². The minimum atomic E-state index is -0.130. The minimum absolute atomic E-state index is 0.123. The number of carbonyl (C=O) groups excluding carboxylic acids is 1. The molecule has 0 N–H and O–H groups in total. The number of esters is 1. The summed E-state index contributed by atoms with van der Waals surface area (Å²) in [4.78, 5) is 19.4. The van der Waals surface area contributed by atoms with Crippen molar-refractivity contribution in [3.63, 3.8) is 0 Å². The number of piperidine rings is 1. The highest BCUT2D eigenvalue weighted by molar-refractivity contribution is 5.82. The number of aromatic nitrogens is 3. The van der Waals surface area contributed by atoms with E-state index in [9.17, 15) is 4.79 Å². The van der Waals surface area contributed by atoms with Gasteiger partial charge in [0.15, 0.2) is 17.1 Å². The fourth-order valence-electron chi connectivity index (χ4n) is 4.42. The second kappa shape index (κ2) is 9.06. The van der Waals surface area contributed by atoms with Gasteiger partial charge in [-0.15, -0.1) is 0 Å². The summed E-state index contributed by atoms with van der Waals surface area (Å²) in [6, 6.07) is 7.87. The Balaban J connectivity index is 1.78. The molecular weight excluding hydrogens is 408 g/mol. The smallest absolute Gasteiger partial charge is 0.310 e. The second-order valence-electron chi connectivity index (χ2n) is 8.06. The molecule has 1 aliphatic heterocycles. The highest BCUT2D eigenvalue weighted by atomic mass is 16.5. The SMILES string of the molecule is CCOC(=O)[C@@H]1CCCN(c2cc(C)nc3c(-c4ccc(OC)c(OC)c4)c(C)nn23)C1. The number of fused-ring (bicyclic) bond motifs is 1. The van der Waals surface area contributed by atoms with E-state index in [0.717, 1.165) is 53.4 Å². The lowest BCUT2D eigenvalue weighted by molar-refractivity contribution is -0.148. The van der Waals surface area contributed by atoms with E-state index >= 15 is 0 Å².